The van der Waals surface area contributed by atoms with Gasteiger partial charge in [0.2, 0.25) is 0 Å². The fourth-order valence-electron chi connectivity index (χ4n) is 2.20. The van der Waals surface area contributed by atoms with Crippen LogP contribution in [0.25, 0.3) is 0 Å². The number of hydrogen-bond donors (Lipinski definition) is 1. The molecule has 0 unspecified atom stereocenters. The Kier molecular flexibility index (Phi) is 5.59. The predicted molar refractivity (Wildman–Crippen MR) is 100 cm³/mol. The van der Waals surface area contributed by atoms with E-state index >= 15 is 0 Å². The Labute approximate surface area is 142 Å². The molecule has 2 aromatic rings. The van der Waals surface area contributed by atoms with Gasteiger partial charge in [-0.25, -0.2) is 0 Å². The third kappa shape index (κ3) is 4.82. The first-order valence-electron chi connectivity index (χ1n) is 7.50. The first kappa shape index (κ1) is 17.0. The lowest BCUT2D eigenvalue weighted by Gasteiger charge is -2.27. The molecule has 1 amide bonds. The molecule has 2 nitrogen and oxygen atoms in total. The van der Waals surface area contributed by atoms with Crippen LogP contribution in [0.2, 0.25) is 25.7 Å². The minimum absolute atomic E-state index is 0.0760. The number of para-hydroxylation sites is 1. The van der Waals surface area contributed by atoms with Gasteiger partial charge in [-0.15, -0.1) is 0 Å². The molecule has 0 fully saturated rings. The van der Waals surface area contributed by atoms with Crippen molar-refractivity contribution < 1.29 is 4.79 Å². The third-order valence-corrected chi connectivity index (χ3v) is 5.97. The summed E-state index contributed by atoms with van der Waals surface area (Å²) in [5.74, 6) is -0.0760. The van der Waals surface area contributed by atoms with E-state index in [2.05, 4.69) is 47.0 Å². The summed E-state index contributed by atoms with van der Waals surface area (Å²) >= 11 is 3.43. The molecule has 117 valence electrons. The number of halogens is 1. The van der Waals surface area contributed by atoms with Gasteiger partial charge in [0, 0.05) is 10.2 Å². The van der Waals surface area contributed by atoms with Crippen LogP contribution in [-0.2, 0) is 6.42 Å². The molecular weight excluding hydrogens is 354 g/mol. The molecule has 0 bridgehead atoms. The minimum atomic E-state index is -1.10. The molecule has 2 aromatic carbocycles. The molecular formula is C18H22BrNOSi-. The van der Waals surface area contributed by atoms with E-state index in [4.69, 9.17) is 0 Å². The maximum absolute atomic E-state index is 12.5. The maximum atomic E-state index is 12.5. The SMILES string of the molecule is C[Si-](C)(C)CCc1ccccc1NC(=O)c1ccccc1Br. The Balaban J connectivity index is 2.16. The van der Waals surface area contributed by atoms with Crippen molar-refractivity contribution in [1.82, 2.24) is 0 Å². The lowest BCUT2D eigenvalue weighted by molar-refractivity contribution is 0.102. The molecule has 2 rings (SSSR count). The van der Waals surface area contributed by atoms with Gasteiger partial charge >= 0.3 is 0 Å². The Morgan fingerprint density at radius 2 is 1.68 bits per heavy atom. The van der Waals surface area contributed by atoms with Gasteiger partial charge in [-0.1, -0.05) is 36.8 Å². The summed E-state index contributed by atoms with van der Waals surface area (Å²) in [4.78, 5) is 12.5. The van der Waals surface area contributed by atoms with Crippen molar-refractivity contribution >= 4 is 35.6 Å². The Hall–Kier alpha value is -1.39. The quantitative estimate of drug-likeness (QED) is 0.678. The fourth-order valence-corrected chi connectivity index (χ4v) is 3.69. The molecule has 0 aliphatic rings. The molecule has 0 aromatic heterocycles. The van der Waals surface area contributed by atoms with Crippen LogP contribution in [0, 0.1) is 0 Å². The van der Waals surface area contributed by atoms with Crippen LogP contribution >= 0.6 is 15.9 Å². The first-order valence-corrected chi connectivity index (χ1v) is 12.0. The van der Waals surface area contributed by atoms with Crippen molar-refractivity contribution in [2.75, 3.05) is 5.32 Å². The molecule has 0 radical (unpaired) electrons. The fraction of sp³-hybridized carbons (Fsp3) is 0.278. The van der Waals surface area contributed by atoms with E-state index in [0.29, 0.717) is 5.56 Å². The second-order valence-electron chi connectivity index (χ2n) is 6.65. The highest BCUT2D eigenvalue weighted by Gasteiger charge is 2.12. The molecule has 0 spiro atoms. The molecule has 0 saturated carbocycles. The number of nitrogens with one attached hydrogen (secondary N) is 1. The normalized spacial score (nSPS) is 11.3. The van der Waals surface area contributed by atoms with Gasteiger partial charge in [-0.3, -0.25) is 4.79 Å². The van der Waals surface area contributed by atoms with Crippen LogP contribution in [0.1, 0.15) is 15.9 Å². The predicted octanol–water partition coefficient (Wildman–Crippen LogP) is 5.58. The molecule has 0 atom stereocenters. The summed E-state index contributed by atoms with van der Waals surface area (Å²) in [5.41, 5.74) is 2.79. The summed E-state index contributed by atoms with van der Waals surface area (Å²) in [5, 5.41) is 3.05. The largest absolute Gasteiger partial charge is 0.322 e. The van der Waals surface area contributed by atoms with E-state index in [9.17, 15) is 4.79 Å². The van der Waals surface area contributed by atoms with Crippen LogP contribution in [0.3, 0.4) is 0 Å². The number of amides is 1. The Bertz CT molecular complexity index is 664. The zero-order valence-electron chi connectivity index (χ0n) is 13.3. The topological polar surface area (TPSA) is 29.1 Å². The van der Waals surface area contributed by atoms with E-state index < -0.39 is 8.07 Å². The zero-order chi connectivity index (χ0) is 16.2. The second kappa shape index (κ2) is 7.25. The average molecular weight is 376 g/mol. The third-order valence-electron chi connectivity index (χ3n) is 3.53. The van der Waals surface area contributed by atoms with Gasteiger partial charge in [0.05, 0.1) is 5.56 Å². The lowest BCUT2D eigenvalue weighted by Crippen LogP contribution is -2.20. The van der Waals surface area contributed by atoms with Crippen molar-refractivity contribution in [1.29, 1.82) is 0 Å². The summed E-state index contributed by atoms with van der Waals surface area (Å²) in [7, 11) is -1.10. The number of anilines is 1. The van der Waals surface area contributed by atoms with Crippen molar-refractivity contribution in [2.24, 2.45) is 0 Å². The van der Waals surface area contributed by atoms with E-state index in [1.165, 1.54) is 11.6 Å². The van der Waals surface area contributed by atoms with Gasteiger partial charge in [0.25, 0.3) is 5.91 Å². The van der Waals surface area contributed by atoms with Crippen LogP contribution in [0.4, 0.5) is 5.69 Å². The van der Waals surface area contributed by atoms with Crippen molar-refractivity contribution in [3.05, 3.63) is 64.1 Å². The number of benzene rings is 2. The molecule has 0 aliphatic heterocycles. The van der Waals surface area contributed by atoms with Gasteiger partial charge in [0.15, 0.2) is 0 Å². The van der Waals surface area contributed by atoms with E-state index in [-0.39, 0.29) is 5.91 Å². The van der Waals surface area contributed by atoms with Gasteiger partial charge in [-0.05, 0) is 39.7 Å². The molecule has 0 aliphatic carbocycles. The molecule has 22 heavy (non-hydrogen) atoms. The molecule has 1 N–H and O–H groups in total. The lowest BCUT2D eigenvalue weighted by atomic mass is 10.1. The van der Waals surface area contributed by atoms with Gasteiger partial charge < -0.3 is 5.32 Å². The summed E-state index contributed by atoms with van der Waals surface area (Å²) in [6, 6.07) is 16.8. The zero-order valence-corrected chi connectivity index (χ0v) is 15.9. The van der Waals surface area contributed by atoms with Crippen LogP contribution in [0.15, 0.2) is 53.0 Å². The average Bonchev–Trinajstić information content (AvgIpc) is 2.46. The van der Waals surface area contributed by atoms with E-state index in [1.807, 2.05) is 42.5 Å². The number of carbonyl (C=O) groups excluding carboxylic acids is 1. The van der Waals surface area contributed by atoms with Crippen molar-refractivity contribution in [3.63, 3.8) is 0 Å². The molecule has 0 saturated heterocycles. The highest BCUT2D eigenvalue weighted by atomic mass is 79.9. The van der Waals surface area contributed by atoms with Crippen molar-refractivity contribution in [2.45, 2.75) is 32.1 Å². The summed E-state index contributed by atoms with van der Waals surface area (Å²) in [6.45, 7) is 7.11. The molecule has 4 heteroatoms. The first-order chi connectivity index (χ1) is 10.4. The van der Waals surface area contributed by atoms with E-state index in [1.54, 1.807) is 0 Å². The molecule has 0 heterocycles. The number of rotatable bonds is 5. The maximum Gasteiger partial charge on any atom is 0.256 e. The van der Waals surface area contributed by atoms with Gasteiger partial charge in [-0.2, -0.15) is 33.8 Å². The standard InChI is InChI=1S/C18H22BrNOSi/c1-22(2,3)13-12-14-8-4-7-11-17(14)20-18(21)15-9-5-6-10-16(15)19/h4-11H,12-13H2,1-3H3,(H,20,21)/q-1. The van der Waals surface area contributed by atoms with E-state index in [0.717, 1.165) is 16.6 Å². The summed E-state index contributed by atoms with van der Waals surface area (Å²) < 4.78 is 0.812. The van der Waals surface area contributed by atoms with Crippen LogP contribution in [0.5, 0.6) is 0 Å². The van der Waals surface area contributed by atoms with Gasteiger partial charge in [0.1, 0.15) is 0 Å². The minimum Gasteiger partial charge on any atom is -0.322 e. The Morgan fingerprint density at radius 1 is 1.05 bits per heavy atom. The Morgan fingerprint density at radius 3 is 2.36 bits per heavy atom. The monoisotopic (exact) mass is 375 g/mol. The van der Waals surface area contributed by atoms with Crippen molar-refractivity contribution in [3.8, 4) is 0 Å². The summed E-state index contributed by atoms with van der Waals surface area (Å²) in [6.07, 6.45) is 1.02. The number of carbonyl (C=O) groups is 1. The smallest absolute Gasteiger partial charge is 0.256 e. The highest BCUT2D eigenvalue weighted by molar-refractivity contribution is 9.10. The number of hydrogen-bond acceptors (Lipinski definition) is 1. The second-order valence-corrected chi connectivity index (χ2v) is 13.1. The van der Waals surface area contributed by atoms with Crippen LogP contribution < -0.4 is 5.32 Å². The van der Waals surface area contributed by atoms with Crippen LogP contribution in [-0.4, -0.2) is 14.0 Å². The number of aryl methyl sites for hydroxylation is 1. The highest BCUT2D eigenvalue weighted by Crippen LogP contribution is 2.23.